The molecule has 21 heavy (non-hydrogen) atoms. The molecule has 0 bridgehead atoms. The zero-order valence-electron chi connectivity index (χ0n) is 12.2. The second-order valence-corrected chi connectivity index (χ2v) is 6.46. The SMILES string of the molecule is CC[C@@H](OC(O)P(=O)(OC)OC)n1cc(C)c(=O)[nH]c1=O. The molecular formula is C11H19N2O7P. The third-order valence-electron chi connectivity index (χ3n) is 2.86. The van der Waals surface area contributed by atoms with Crippen molar-refractivity contribution in [1.82, 2.24) is 9.55 Å². The van der Waals surface area contributed by atoms with Crippen LogP contribution >= 0.6 is 7.60 Å². The predicted molar refractivity (Wildman–Crippen MR) is 74.1 cm³/mol. The van der Waals surface area contributed by atoms with Crippen molar-refractivity contribution >= 4 is 7.60 Å². The number of nitrogens with zero attached hydrogens (tertiary/aromatic N) is 1. The maximum Gasteiger partial charge on any atom is 0.385 e. The number of hydrogen-bond donors (Lipinski definition) is 2. The van der Waals surface area contributed by atoms with Gasteiger partial charge in [-0.05, 0) is 13.3 Å². The van der Waals surface area contributed by atoms with E-state index >= 15 is 0 Å². The third kappa shape index (κ3) is 3.90. The number of hydrogen-bond acceptors (Lipinski definition) is 7. The van der Waals surface area contributed by atoms with Gasteiger partial charge in [-0.1, -0.05) is 6.92 Å². The summed E-state index contributed by atoms with van der Waals surface area (Å²) in [7, 11) is -1.64. The Kier molecular flexibility index (Phi) is 6.06. The van der Waals surface area contributed by atoms with E-state index in [1.54, 1.807) is 6.92 Å². The van der Waals surface area contributed by atoms with Crippen molar-refractivity contribution in [3.63, 3.8) is 0 Å². The molecule has 1 unspecified atom stereocenters. The molecule has 0 aliphatic heterocycles. The van der Waals surface area contributed by atoms with Crippen molar-refractivity contribution in [3.05, 3.63) is 32.6 Å². The third-order valence-corrected chi connectivity index (χ3v) is 4.54. The fourth-order valence-electron chi connectivity index (χ4n) is 1.63. The average molecular weight is 322 g/mol. The topological polar surface area (TPSA) is 120 Å². The molecule has 1 aromatic rings. The van der Waals surface area contributed by atoms with Crippen molar-refractivity contribution in [2.45, 2.75) is 32.5 Å². The molecule has 0 spiro atoms. The fraction of sp³-hybridized carbons (Fsp3) is 0.636. The van der Waals surface area contributed by atoms with E-state index in [1.807, 2.05) is 0 Å². The van der Waals surface area contributed by atoms with Crippen LogP contribution in [-0.2, 0) is 18.3 Å². The second-order valence-electron chi connectivity index (χ2n) is 4.21. The molecule has 0 radical (unpaired) electrons. The Bertz CT molecular complexity index is 630. The Morgan fingerprint density at radius 1 is 1.38 bits per heavy atom. The summed E-state index contributed by atoms with van der Waals surface area (Å²) >= 11 is 0. The van der Waals surface area contributed by atoms with Gasteiger partial charge in [-0.2, -0.15) is 0 Å². The first-order valence-electron chi connectivity index (χ1n) is 6.15. The quantitative estimate of drug-likeness (QED) is 0.555. The number of aryl methyl sites for hydroxylation is 1. The first kappa shape index (κ1) is 17.8. The number of ether oxygens (including phenoxy) is 1. The summed E-state index contributed by atoms with van der Waals surface area (Å²) in [5.74, 6) is 0. The molecule has 0 aliphatic rings. The van der Waals surface area contributed by atoms with E-state index in [2.05, 4.69) is 14.0 Å². The first-order valence-corrected chi connectivity index (χ1v) is 7.77. The van der Waals surface area contributed by atoms with Crippen molar-refractivity contribution in [1.29, 1.82) is 0 Å². The number of aliphatic hydroxyl groups is 1. The van der Waals surface area contributed by atoms with Crippen molar-refractivity contribution in [2.75, 3.05) is 14.2 Å². The van der Waals surface area contributed by atoms with Gasteiger partial charge >= 0.3 is 13.3 Å². The molecule has 9 nitrogen and oxygen atoms in total. The maximum absolute atomic E-state index is 12.0. The van der Waals surface area contributed by atoms with Gasteiger partial charge in [0, 0.05) is 26.0 Å². The lowest BCUT2D eigenvalue weighted by Crippen LogP contribution is -2.35. The lowest BCUT2D eigenvalue weighted by molar-refractivity contribution is -0.128. The van der Waals surface area contributed by atoms with Gasteiger partial charge in [0.15, 0.2) is 0 Å². The van der Waals surface area contributed by atoms with E-state index in [1.165, 1.54) is 13.1 Å². The zero-order valence-corrected chi connectivity index (χ0v) is 13.1. The molecule has 0 fully saturated rings. The monoisotopic (exact) mass is 322 g/mol. The molecule has 120 valence electrons. The summed E-state index contributed by atoms with van der Waals surface area (Å²) in [6.07, 6.45) is 0.629. The van der Waals surface area contributed by atoms with Gasteiger partial charge in [-0.25, -0.2) is 4.79 Å². The van der Waals surface area contributed by atoms with Crippen LogP contribution in [0.1, 0.15) is 25.1 Å². The molecule has 1 heterocycles. The molecule has 0 aromatic carbocycles. The molecule has 2 atom stereocenters. The highest BCUT2D eigenvalue weighted by molar-refractivity contribution is 7.54. The fourth-order valence-corrected chi connectivity index (χ4v) is 2.43. The first-order chi connectivity index (χ1) is 9.78. The summed E-state index contributed by atoms with van der Waals surface area (Å²) in [5.41, 5.74) is -0.909. The van der Waals surface area contributed by atoms with Gasteiger partial charge in [0.2, 0.25) is 0 Å². The van der Waals surface area contributed by atoms with Crippen molar-refractivity contribution < 1.29 is 23.5 Å². The minimum atomic E-state index is -3.85. The number of aliphatic hydroxyl groups excluding tert-OH is 1. The van der Waals surface area contributed by atoms with Crippen LogP contribution in [0, 0.1) is 6.92 Å². The lowest BCUT2D eigenvalue weighted by atomic mass is 10.3. The minimum Gasteiger partial charge on any atom is -0.358 e. The van der Waals surface area contributed by atoms with Gasteiger partial charge < -0.3 is 18.9 Å². The van der Waals surface area contributed by atoms with Crippen molar-refractivity contribution in [2.24, 2.45) is 0 Å². The van der Waals surface area contributed by atoms with Gasteiger partial charge in [-0.3, -0.25) is 18.9 Å². The molecule has 2 N–H and O–H groups in total. The van der Waals surface area contributed by atoms with Crippen LogP contribution in [0.15, 0.2) is 15.8 Å². The Morgan fingerprint density at radius 3 is 2.43 bits per heavy atom. The summed E-state index contributed by atoms with van der Waals surface area (Å²) in [6, 6.07) is -1.86. The Labute approximate surface area is 121 Å². The van der Waals surface area contributed by atoms with Gasteiger partial charge in [0.05, 0.1) is 0 Å². The van der Waals surface area contributed by atoms with Crippen LogP contribution in [0.4, 0.5) is 0 Å². The van der Waals surface area contributed by atoms with E-state index in [0.29, 0.717) is 5.56 Å². The number of aromatic nitrogens is 2. The largest absolute Gasteiger partial charge is 0.385 e. The van der Waals surface area contributed by atoms with Crippen LogP contribution in [0.5, 0.6) is 0 Å². The number of rotatable bonds is 7. The molecule has 0 aliphatic carbocycles. The molecular weight excluding hydrogens is 303 g/mol. The maximum atomic E-state index is 12.0. The number of H-pyrrole nitrogens is 1. The highest BCUT2D eigenvalue weighted by Gasteiger charge is 2.35. The number of nitrogens with one attached hydrogen (secondary N) is 1. The molecule has 0 amide bonds. The Balaban J connectivity index is 3.10. The van der Waals surface area contributed by atoms with Crippen LogP contribution in [0.2, 0.25) is 0 Å². The predicted octanol–water partition coefficient (Wildman–Crippen LogP) is 0.532. The second kappa shape index (κ2) is 7.15. The number of aromatic amines is 1. The van der Waals surface area contributed by atoms with Crippen LogP contribution in [-0.4, -0.2) is 34.9 Å². The Hall–Kier alpha value is -1.25. The van der Waals surface area contributed by atoms with E-state index in [9.17, 15) is 19.3 Å². The summed E-state index contributed by atoms with van der Waals surface area (Å²) < 4.78 is 27.5. The van der Waals surface area contributed by atoms with Gasteiger partial charge in [-0.15, -0.1) is 0 Å². The van der Waals surface area contributed by atoms with Crippen LogP contribution < -0.4 is 11.2 Å². The molecule has 0 saturated carbocycles. The van der Waals surface area contributed by atoms with Crippen molar-refractivity contribution in [3.8, 4) is 0 Å². The Morgan fingerprint density at radius 2 is 1.95 bits per heavy atom. The van der Waals surface area contributed by atoms with Gasteiger partial charge in [0.25, 0.3) is 11.6 Å². The van der Waals surface area contributed by atoms with E-state index in [0.717, 1.165) is 18.8 Å². The lowest BCUT2D eigenvalue weighted by Gasteiger charge is -2.25. The van der Waals surface area contributed by atoms with Gasteiger partial charge in [0.1, 0.15) is 6.23 Å². The average Bonchev–Trinajstić information content (AvgIpc) is 2.47. The summed E-state index contributed by atoms with van der Waals surface area (Å²) in [6.45, 7) is 3.21. The van der Waals surface area contributed by atoms with E-state index in [-0.39, 0.29) is 6.42 Å². The summed E-state index contributed by atoms with van der Waals surface area (Å²) in [5, 5.41) is 9.82. The summed E-state index contributed by atoms with van der Waals surface area (Å²) in [4.78, 5) is 25.2. The normalized spacial score (nSPS) is 14.9. The molecule has 1 aromatic heterocycles. The highest BCUT2D eigenvalue weighted by Crippen LogP contribution is 2.51. The zero-order chi connectivity index (χ0) is 16.2. The minimum absolute atomic E-state index is 0.274. The molecule has 1 rings (SSSR count). The standard InChI is InChI=1S/C11H19N2O7P/c1-5-8(20-11(16)21(17,18-3)19-4)13-6-7(2)9(14)12-10(13)15/h6,8,11,16H,5H2,1-4H3,(H,12,14,15)/t8-,11?/m1/s1. The van der Waals surface area contributed by atoms with E-state index < -0.39 is 31.1 Å². The highest BCUT2D eigenvalue weighted by atomic mass is 31.2. The van der Waals surface area contributed by atoms with E-state index in [4.69, 9.17) is 4.74 Å². The van der Waals surface area contributed by atoms with Crippen LogP contribution in [0.25, 0.3) is 0 Å². The molecule has 0 saturated heterocycles. The molecule has 10 heteroatoms. The van der Waals surface area contributed by atoms with Crippen LogP contribution in [0.3, 0.4) is 0 Å². The smallest absolute Gasteiger partial charge is 0.358 e.